The second kappa shape index (κ2) is 26.0. The van der Waals surface area contributed by atoms with Crippen molar-refractivity contribution in [2.24, 2.45) is 0 Å². The van der Waals surface area contributed by atoms with Crippen molar-refractivity contribution in [2.45, 2.75) is 136 Å². The molecule has 0 radical (unpaired) electrons. The van der Waals surface area contributed by atoms with Crippen LogP contribution in [0.4, 0.5) is 0 Å². The highest BCUT2D eigenvalue weighted by molar-refractivity contribution is 6.17. The van der Waals surface area contributed by atoms with Crippen LogP contribution in [0, 0.1) is 0 Å². The number of rotatable bonds is 24. The second-order valence-electron chi connectivity index (χ2n) is 8.29. The molecule has 0 saturated carbocycles. The SMILES string of the molecule is CCCCCCCOC(CCCCCCC/C=C/CCCl)OCCCCCCC. The zero-order valence-corrected chi connectivity index (χ0v) is 20.5. The summed E-state index contributed by atoms with van der Waals surface area (Å²) >= 11 is 5.67. The van der Waals surface area contributed by atoms with E-state index in [2.05, 4.69) is 26.0 Å². The molecule has 0 aromatic heterocycles. The highest BCUT2D eigenvalue weighted by atomic mass is 35.5. The van der Waals surface area contributed by atoms with Gasteiger partial charge in [-0.2, -0.15) is 0 Å². The molecule has 2 nitrogen and oxygen atoms in total. The molecule has 174 valence electrons. The molecule has 0 heterocycles. The molecule has 0 bridgehead atoms. The standard InChI is InChI=1S/C26H51ClO2/c1-3-5-7-16-20-24-28-26(29-25-21-17-8-6-4-2)22-18-14-12-10-9-11-13-15-19-23-27/h13,15,26H,3-12,14,16-25H2,1-2H3/b15-13+. The van der Waals surface area contributed by atoms with Gasteiger partial charge in [0.05, 0.1) is 0 Å². The van der Waals surface area contributed by atoms with Crippen LogP contribution >= 0.6 is 11.6 Å². The Labute approximate surface area is 188 Å². The number of alkyl halides is 1. The summed E-state index contributed by atoms with van der Waals surface area (Å²) in [6.45, 7) is 6.25. The number of ether oxygens (including phenoxy) is 2. The molecule has 0 saturated heterocycles. The highest BCUT2D eigenvalue weighted by Gasteiger charge is 2.09. The fourth-order valence-corrected chi connectivity index (χ4v) is 3.58. The molecule has 0 aliphatic carbocycles. The van der Waals surface area contributed by atoms with Crippen LogP contribution in [0.15, 0.2) is 12.2 Å². The van der Waals surface area contributed by atoms with E-state index in [1.54, 1.807) is 0 Å². The van der Waals surface area contributed by atoms with Gasteiger partial charge >= 0.3 is 0 Å². The quantitative estimate of drug-likeness (QED) is 0.0657. The summed E-state index contributed by atoms with van der Waals surface area (Å²) in [6.07, 6.45) is 27.1. The Bertz CT molecular complexity index is 304. The number of halogens is 1. The maximum atomic E-state index is 6.09. The first kappa shape index (κ1) is 28.9. The van der Waals surface area contributed by atoms with Gasteiger partial charge in [0.15, 0.2) is 6.29 Å². The molecule has 0 aromatic rings. The van der Waals surface area contributed by atoms with Gasteiger partial charge in [-0.25, -0.2) is 0 Å². The maximum Gasteiger partial charge on any atom is 0.157 e. The first-order chi connectivity index (χ1) is 14.3. The minimum absolute atomic E-state index is 0.0193. The molecule has 0 aromatic carbocycles. The number of allylic oxidation sites excluding steroid dienone is 2. The highest BCUT2D eigenvalue weighted by Crippen LogP contribution is 2.14. The van der Waals surface area contributed by atoms with Gasteiger partial charge in [-0.05, 0) is 44.9 Å². The third-order valence-corrected chi connectivity index (χ3v) is 5.57. The van der Waals surface area contributed by atoms with Crippen LogP contribution in [0.3, 0.4) is 0 Å². The van der Waals surface area contributed by atoms with Crippen LogP contribution in [0.25, 0.3) is 0 Å². The fourth-order valence-electron chi connectivity index (χ4n) is 3.46. The molecule has 0 aliphatic heterocycles. The van der Waals surface area contributed by atoms with Crippen molar-refractivity contribution in [3.8, 4) is 0 Å². The Balaban J connectivity index is 3.79. The van der Waals surface area contributed by atoms with Crippen molar-refractivity contribution in [1.82, 2.24) is 0 Å². The fraction of sp³-hybridized carbons (Fsp3) is 0.923. The topological polar surface area (TPSA) is 18.5 Å². The van der Waals surface area contributed by atoms with Crippen LogP contribution in [0.2, 0.25) is 0 Å². The van der Waals surface area contributed by atoms with Crippen molar-refractivity contribution < 1.29 is 9.47 Å². The van der Waals surface area contributed by atoms with E-state index < -0.39 is 0 Å². The van der Waals surface area contributed by atoms with E-state index in [4.69, 9.17) is 21.1 Å². The van der Waals surface area contributed by atoms with Gasteiger partial charge in [0.2, 0.25) is 0 Å². The molecule has 0 rings (SSSR count). The Morgan fingerprint density at radius 3 is 1.66 bits per heavy atom. The predicted octanol–water partition coefficient (Wildman–Crippen LogP) is 9.20. The molecule has 0 fully saturated rings. The molecule has 0 unspecified atom stereocenters. The molecule has 0 N–H and O–H groups in total. The maximum absolute atomic E-state index is 6.09. The Morgan fingerprint density at radius 2 is 1.07 bits per heavy atom. The normalized spacial score (nSPS) is 11.9. The van der Waals surface area contributed by atoms with E-state index in [0.29, 0.717) is 0 Å². The lowest BCUT2D eigenvalue weighted by atomic mass is 10.1. The van der Waals surface area contributed by atoms with Gasteiger partial charge in [-0.1, -0.05) is 96.6 Å². The van der Waals surface area contributed by atoms with Crippen molar-refractivity contribution in [3.63, 3.8) is 0 Å². The lowest BCUT2D eigenvalue weighted by Crippen LogP contribution is -2.19. The lowest BCUT2D eigenvalue weighted by molar-refractivity contribution is -0.148. The van der Waals surface area contributed by atoms with Gasteiger partial charge < -0.3 is 9.47 Å². The second-order valence-corrected chi connectivity index (χ2v) is 8.67. The number of hydrogen-bond acceptors (Lipinski definition) is 2. The van der Waals surface area contributed by atoms with Crippen LogP contribution in [-0.2, 0) is 9.47 Å². The smallest absolute Gasteiger partial charge is 0.157 e. The van der Waals surface area contributed by atoms with E-state index >= 15 is 0 Å². The molecule has 29 heavy (non-hydrogen) atoms. The molecular weight excluding hydrogens is 380 g/mol. The van der Waals surface area contributed by atoms with E-state index in [1.165, 1.54) is 103 Å². The summed E-state index contributed by atoms with van der Waals surface area (Å²) in [5, 5.41) is 0. The van der Waals surface area contributed by atoms with E-state index in [9.17, 15) is 0 Å². The Hall–Kier alpha value is -0.0500. The number of hydrogen-bond donors (Lipinski definition) is 0. The lowest BCUT2D eigenvalue weighted by Gasteiger charge is -2.19. The van der Waals surface area contributed by atoms with Gasteiger partial charge in [0.25, 0.3) is 0 Å². The van der Waals surface area contributed by atoms with Crippen LogP contribution < -0.4 is 0 Å². The Kier molecular flexibility index (Phi) is 25.9. The number of unbranched alkanes of at least 4 members (excludes halogenated alkanes) is 13. The first-order valence-electron chi connectivity index (χ1n) is 12.8. The zero-order chi connectivity index (χ0) is 21.3. The van der Waals surface area contributed by atoms with E-state index in [0.717, 1.165) is 31.9 Å². The summed E-state index contributed by atoms with van der Waals surface area (Å²) < 4.78 is 12.2. The molecular formula is C26H51ClO2. The van der Waals surface area contributed by atoms with Gasteiger partial charge in [0, 0.05) is 19.1 Å². The summed E-state index contributed by atoms with van der Waals surface area (Å²) in [5.74, 6) is 0.735. The van der Waals surface area contributed by atoms with Crippen molar-refractivity contribution in [1.29, 1.82) is 0 Å². The first-order valence-corrected chi connectivity index (χ1v) is 13.3. The molecule has 3 heteroatoms. The zero-order valence-electron chi connectivity index (χ0n) is 19.8. The summed E-state index contributed by atoms with van der Waals surface area (Å²) in [7, 11) is 0. The monoisotopic (exact) mass is 430 g/mol. The van der Waals surface area contributed by atoms with Gasteiger partial charge in [-0.15, -0.1) is 11.6 Å². The molecule has 0 atom stereocenters. The third-order valence-electron chi connectivity index (χ3n) is 5.36. The summed E-state index contributed by atoms with van der Waals surface area (Å²) in [5.41, 5.74) is 0. The van der Waals surface area contributed by atoms with Gasteiger partial charge in [0.1, 0.15) is 0 Å². The third kappa shape index (κ3) is 24.1. The van der Waals surface area contributed by atoms with Crippen LogP contribution in [0.5, 0.6) is 0 Å². The summed E-state index contributed by atoms with van der Waals surface area (Å²) in [4.78, 5) is 0. The van der Waals surface area contributed by atoms with Crippen molar-refractivity contribution in [2.75, 3.05) is 19.1 Å². The molecule has 0 aliphatic rings. The largest absolute Gasteiger partial charge is 0.353 e. The molecule has 0 spiro atoms. The average molecular weight is 431 g/mol. The van der Waals surface area contributed by atoms with E-state index in [-0.39, 0.29) is 6.29 Å². The Morgan fingerprint density at radius 1 is 0.586 bits per heavy atom. The minimum atomic E-state index is 0.0193. The average Bonchev–Trinajstić information content (AvgIpc) is 2.73. The molecule has 0 amide bonds. The van der Waals surface area contributed by atoms with Crippen LogP contribution in [0.1, 0.15) is 129 Å². The van der Waals surface area contributed by atoms with E-state index in [1.807, 2.05) is 0 Å². The summed E-state index contributed by atoms with van der Waals surface area (Å²) in [6, 6.07) is 0. The van der Waals surface area contributed by atoms with Gasteiger partial charge in [-0.3, -0.25) is 0 Å². The van der Waals surface area contributed by atoms with Crippen molar-refractivity contribution >= 4 is 11.6 Å². The van der Waals surface area contributed by atoms with Crippen molar-refractivity contribution in [3.05, 3.63) is 12.2 Å². The minimum Gasteiger partial charge on any atom is -0.353 e. The van der Waals surface area contributed by atoms with Crippen LogP contribution in [-0.4, -0.2) is 25.4 Å². The predicted molar refractivity (Wildman–Crippen MR) is 130 cm³/mol.